The molecule has 4 N–H and O–H groups in total. The fourth-order valence-electron chi connectivity index (χ4n) is 3.47. The standard InChI is InChI=1S/C21H19N5O4S.C2HF3O2/c22-9-15-11-31-12-25(15)21(27)19(23)7-13-10-24-20-6-5-17(8-18(13)20)30-16-3-1-14(2-4-16)26(28)29;3-2(4,5)1(6)7/h1-6,8,10,15,19,24H,7,11-12,23H2;(H,6,7)/t15-,19+;/m1./s1. The molecule has 11 nitrogen and oxygen atoms in total. The molecule has 15 heteroatoms. The van der Waals surface area contributed by atoms with Crippen molar-refractivity contribution in [3.8, 4) is 17.6 Å². The largest absolute Gasteiger partial charge is 0.490 e. The number of carbonyl (C=O) groups is 2. The molecule has 1 saturated heterocycles. The molecule has 2 heterocycles. The Morgan fingerprint density at radius 1 is 1.29 bits per heavy atom. The van der Waals surface area contributed by atoms with Crippen molar-refractivity contribution in [2.45, 2.75) is 24.7 Å². The van der Waals surface area contributed by atoms with Crippen molar-refractivity contribution in [3.05, 3.63) is 64.3 Å². The average molecular weight is 552 g/mol. The number of alkyl halides is 3. The van der Waals surface area contributed by atoms with Gasteiger partial charge >= 0.3 is 12.1 Å². The van der Waals surface area contributed by atoms with Crippen LogP contribution >= 0.6 is 11.8 Å². The van der Waals surface area contributed by atoms with Crippen molar-refractivity contribution in [1.82, 2.24) is 9.88 Å². The van der Waals surface area contributed by atoms with Crippen molar-refractivity contribution in [2.75, 3.05) is 11.6 Å². The Morgan fingerprint density at radius 2 is 1.92 bits per heavy atom. The summed E-state index contributed by atoms with van der Waals surface area (Å²) >= 11 is 1.54. The summed E-state index contributed by atoms with van der Waals surface area (Å²) in [5.74, 6) is -0.876. The molecule has 0 saturated carbocycles. The van der Waals surface area contributed by atoms with E-state index in [0.717, 1.165) is 16.5 Å². The number of H-pyrrole nitrogens is 1. The number of hydrogen-bond donors (Lipinski definition) is 3. The second kappa shape index (κ2) is 11.8. The first-order chi connectivity index (χ1) is 17.9. The third kappa shape index (κ3) is 6.93. The van der Waals surface area contributed by atoms with Crippen LogP contribution in [-0.2, 0) is 16.0 Å². The van der Waals surface area contributed by atoms with E-state index in [2.05, 4.69) is 11.1 Å². The van der Waals surface area contributed by atoms with E-state index in [1.54, 1.807) is 17.8 Å². The first kappa shape index (κ1) is 28.3. The molecule has 0 spiro atoms. The normalized spacial score (nSPS) is 15.8. The fourth-order valence-corrected chi connectivity index (χ4v) is 4.55. The van der Waals surface area contributed by atoms with Gasteiger partial charge in [-0.1, -0.05) is 0 Å². The van der Waals surface area contributed by atoms with Gasteiger partial charge in [-0.05, 0) is 42.3 Å². The highest BCUT2D eigenvalue weighted by atomic mass is 32.2. The number of amides is 1. The molecule has 0 unspecified atom stereocenters. The van der Waals surface area contributed by atoms with Gasteiger partial charge in [0, 0.05) is 35.0 Å². The second-order valence-electron chi connectivity index (χ2n) is 7.94. The smallest absolute Gasteiger partial charge is 0.475 e. The average Bonchev–Trinajstić information content (AvgIpc) is 3.50. The number of fused-ring (bicyclic) bond motifs is 1. The number of nitrogens with one attached hydrogen (secondary N) is 1. The number of nitro groups is 1. The maximum atomic E-state index is 12.7. The van der Waals surface area contributed by atoms with Crippen molar-refractivity contribution < 1.29 is 37.5 Å². The first-order valence-corrected chi connectivity index (χ1v) is 11.9. The lowest BCUT2D eigenvalue weighted by Crippen LogP contribution is -2.47. The summed E-state index contributed by atoms with van der Waals surface area (Å²) in [5, 5.41) is 28.0. The number of benzene rings is 2. The summed E-state index contributed by atoms with van der Waals surface area (Å²) in [7, 11) is 0. The number of nitrogens with two attached hydrogens (primary N) is 1. The Bertz CT molecular complexity index is 1370. The summed E-state index contributed by atoms with van der Waals surface area (Å²) in [6, 6.07) is 12.3. The molecule has 38 heavy (non-hydrogen) atoms. The van der Waals surface area contributed by atoms with E-state index in [1.807, 2.05) is 18.3 Å². The van der Waals surface area contributed by atoms with Gasteiger partial charge in [-0.2, -0.15) is 18.4 Å². The van der Waals surface area contributed by atoms with Crippen molar-refractivity contribution in [1.29, 1.82) is 5.26 Å². The Kier molecular flexibility index (Phi) is 8.81. The molecule has 2 atom stereocenters. The lowest BCUT2D eigenvalue weighted by atomic mass is 10.0. The van der Waals surface area contributed by atoms with E-state index < -0.39 is 29.2 Å². The Hall–Kier alpha value is -4.29. The maximum Gasteiger partial charge on any atom is 0.490 e. The number of non-ortho nitro benzene ring substituents is 1. The van der Waals surface area contributed by atoms with Gasteiger partial charge in [0.1, 0.15) is 17.5 Å². The van der Waals surface area contributed by atoms with Gasteiger partial charge in [0.2, 0.25) is 5.91 Å². The zero-order valence-electron chi connectivity index (χ0n) is 19.3. The lowest BCUT2D eigenvalue weighted by molar-refractivity contribution is -0.384. The van der Waals surface area contributed by atoms with Gasteiger partial charge in [-0.15, -0.1) is 11.8 Å². The summed E-state index contributed by atoms with van der Waals surface area (Å²) in [5.41, 5.74) is 7.92. The van der Waals surface area contributed by atoms with Gasteiger partial charge < -0.3 is 25.5 Å². The number of halogens is 3. The first-order valence-electron chi connectivity index (χ1n) is 10.8. The Balaban J connectivity index is 0.000000505. The van der Waals surface area contributed by atoms with Crippen molar-refractivity contribution in [2.24, 2.45) is 5.73 Å². The number of rotatable bonds is 6. The molecule has 1 aromatic heterocycles. The number of aromatic amines is 1. The molecule has 0 aliphatic carbocycles. The highest BCUT2D eigenvalue weighted by Gasteiger charge is 2.38. The lowest BCUT2D eigenvalue weighted by Gasteiger charge is -2.22. The molecule has 0 radical (unpaired) electrons. The molecule has 200 valence electrons. The number of carbonyl (C=O) groups excluding carboxylic acids is 1. The SMILES string of the molecule is N#C[C@@H]1CSCN1C(=O)[C@@H](N)Cc1c[nH]c2ccc(Oc3ccc([N+](=O)[O-])cc3)cc12.O=C(O)C(F)(F)F. The minimum absolute atomic E-state index is 0.00980. The quantitative estimate of drug-likeness (QED) is 0.304. The number of aromatic nitrogens is 1. The van der Waals surface area contributed by atoms with E-state index >= 15 is 0 Å². The number of thioether (sulfide) groups is 1. The molecule has 0 bridgehead atoms. The van der Waals surface area contributed by atoms with Gasteiger partial charge in [0.05, 0.1) is 22.9 Å². The molecule has 3 aromatic rings. The minimum atomic E-state index is -5.08. The summed E-state index contributed by atoms with van der Waals surface area (Å²) in [6.45, 7) is 0. The zero-order valence-corrected chi connectivity index (χ0v) is 20.2. The molecule has 1 aliphatic heterocycles. The minimum Gasteiger partial charge on any atom is -0.475 e. The topological polar surface area (TPSA) is 176 Å². The molecule has 4 rings (SSSR count). The number of carboxylic acids is 1. The number of hydrogen-bond acceptors (Lipinski definition) is 8. The van der Waals surface area contributed by atoms with Crippen LogP contribution in [0.5, 0.6) is 11.5 Å². The van der Waals surface area contributed by atoms with Crippen LogP contribution in [0.25, 0.3) is 10.9 Å². The maximum absolute atomic E-state index is 12.7. The highest BCUT2D eigenvalue weighted by molar-refractivity contribution is 7.99. The van der Waals surface area contributed by atoms with Crippen LogP contribution in [0.4, 0.5) is 18.9 Å². The third-order valence-electron chi connectivity index (χ3n) is 5.34. The number of carboxylic acid groups (broad SMARTS) is 1. The molecule has 1 amide bonds. The zero-order chi connectivity index (χ0) is 28.0. The van der Waals surface area contributed by atoms with Crippen LogP contribution in [-0.4, -0.2) is 61.7 Å². The molecule has 1 fully saturated rings. The van der Waals surface area contributed by atoms with Crippen LogP contribution < -0.4 is 10.5 Å². The van der Waals surface area contributed by atoms with E-state index in [1.165, 1.54) is 29.2 Å². The molecular formula is C23H20F3N5O6S. The van der Waals surface area contributed by atoms with Crippen LogP contribution in [0.3, 0.4) is 0 Å². The summed E-state index contributed by atoms with van der Waals surface area (Å²) < 4.78 is 37.6. The van der Waals surface area contributed by atoms with E-state index in [0.29, 0.717) is 29.5 Å². The van der Waals surface area contributed by atoms with Gasteiger partial charge in [0.15, 0.2) is 0 Å². The number of nitro benzene ring substituents is 1. The Labute approximate surface area is 217 Å². The van der Waals surface area contributed by atoms with E-state index in [4.69, 9.17) is 20.4 Å². The molecular weight excluding hydrogens is 531 g/mol. The van der Waals surface area contributed by atoms with Crippen LogP contribution in [0.2, 0.25) is 0 Å². The Morgan fingerprint density at radius 3 is 2.50 bits per heavy atom. The van der Waals surface area contributed by atoms with E-state index in [9.17, 15) is 33.3 Å². The highest BCUT2D eigenvalue weighted by Crippen LogP contribution is 2.29. The van der Waals surface area contributed by atoms with Gasteiger partial charge in [0.25, 0.3) is 5.69 Å². The monoisotopic (exact) mass is 551 g/mol. The van der Waals surface area contributed by atoms with Crippen molar-refractivity contribution in [3.63, 3.8) is 0 Å². The number of nitrogens with zero attached hydrogens (tertiary/aromatic N) is 3. The second-order valence-corrected chi connectivity index (χ2v) is 8.94. The number of aliphatic carboxylic acids is 1. The number of nitriles is 1. The number of ether oxygens (including phenoxy) is 1. The van der Waals surface area contributed by atoms with Crippen LogP contribution in [0.1, 0.15) is 5.56 Å². The third-order valence-corrected chi connectivity index (χ3v) is 6.35. The van der Waals surface area contributed by atoms with E-state index in [-0.39, 0.29) is 11.6 Å². The molecule has 1 aliphatic rings. The van der Waals surface area contributed by atoms with Gasteiger partial charge in [-0.25, -0.2) is 4.79 Å². The summed E-state index contributed by atoms with van der Waals surface area (Å²) in [4.78, 5) is 36.6. The van der Waals surface area contributed by atoms with Gasteiger partial charge in [-0.3, -0.25) is 14.9 Å². The van der Waals surface area contributed by atoms with Crippen LogP contribution in [0.15, 0.2) is 48.7 Å². The predicted octanol–water partition coefficient (Wildman–Crippen LogP) is 3.80. The molecule has 2 aromatic carbocycles. The fraction of sp³-hybridized carbons (Fsp3) is 0.261. The van der Waals surface area contributed by atoms with Crippen molar-refractivity contribution >= 4 is 40.2 Å². The van der Waals surface area contributed by atoms with Crippen LogP contribution in [0, 0.1) is 21.4 Å². The summed E-state index contributed by atoms with van der Waals surface area (Å²) in [6.07, 6.45) is -2.95. The predicted molar refractivity (Wildman–Crippen MR) is 130 cm³/mol.